The van der Waals surface area contributed by atoms with Gasteiger partial charge in [-0.25, -0.2) is 9.37 Å². The zero-order valence-corrected chi connectivity index (χ0v) is 18.0. The number of carbonyl (C=O) groups excluding carboxylic acids is 1. The molecule has 1 heterocycles. The van der Waals surface area contributed by atoms with Gasteiger partial charge in [0, 0.05) is 12.7 Å². The van der Waals surface area contributed by atoms with E-state index in [0.717, 1.165) is 17.4 Å². The first-order valence-corrected chi connectivity index (χ1v) is 10.7. The van der Waals surface area contributed by atoms with Gasteiger partial charge in [0.2, 0.25) is 5.91 Å². The lowest BCUT2D eigenvalue weighted by Crippen LogP contribution is -2.28. The Morgan fingerprint density at radius 3 is 2.55 bits per heavy atom. The van der Waals surface area contributed by atoms with Crippen LogP contribution in [-0.2, 0) is 4.79 Å². The largest absolute Gasteiger partial charge is 0.315 e. The molecule has 1 amide bonds. The van der Waals surface area contributed by atoms with Crippen LogP contribution in [0.4, 0.5) is 10.1 Å². The second-order valence-electron chi connectivity index (χ2n) is 6.73. The summed E-state index contributed by atoms with van der Waals surface area (Å²) in [5.74, 6) is -0.672. The third-order valence-corrected chi connectivity index (χ3v) is 5.96. The number of carbonyl (C=O) groups is 1. The molecular formula is C23H17ClFN3O2S. The van der Waals surface area contributed by atoms with Crippen molar-refractivity contribution in [2.75, 3.05) is 17.7 Å². The molecule has 156 valence electrons. The molecule has 0 aliphatic heterocycles. The molecule has 4 rings (SSSR count). The Bertz CT molecular complexity index is 1330. The summed E-state index contributed by atoms with van der Waals surface area (Å²) < 4.78 is 15.0. The Morgan fingerprint density at radius 2 is 1.81 bits per heavy atom. The van der Waals surface area contributed by atoms with Crippen LogP contribution in [0.15, 0.2) is 82.7 Å². The fourth-order valence-electron chi connectivity index (χ4n) is 3.08. The van der Waals surface area contributed by atoms with E-state index in [0.29, 0.717) is 21.7 Å². The van der Waals surface area contributed by atoms with Crippen LogP contribution in [0.2, 0.25) is 5.02 Å². The van der Waals surface area contributed by atoms with Crippen LogP contribution >= 0.6 is 23.4 Å². The maximum atomic E-state index is 13.7. The van der Waals surface area contributed by atoms with Crippen molar-refractivity contribution < 1.29 is 9.18 Å². The molecular weight excluding hydrogens is 437 g/mol. The molecule has 8 heteroatoms. The lowest BCUT2D eigenvalue weighted by molar-refractivity contribution is -0.115. The number of fused-ring (bicyclic) bond motifs is 1. The zero-order valence-electron chi connectivity index (χ0n) is 16.5. The number of benzene rings is 3. The van der Waals surface area contributed by atoms with Crippen molar-refractivity contribution in [3.8, 4) is 5.69 Å². The van der Waals surface area contributed by atoms with Crippen LogP contribution in [0.1, 0.15) is 0 Å². The van der Waals surface area contributed by atoms with Gasteiger partial charge in [0.1, 0.15) is 5.82 Å². The van der Waals surface area contributed by atoms with E-state index < -0.39 is 5.82 Å². The first-order valence-electron chi connectivity index (χ1n) is 9.37. The molecule has 0 aliphatic carbocycles. The monoisotopic (exact) mass is 453 g/mol. The number of hydrogen-bond acceptors (Lipinski definition) is 4. The van der Waals surface area contributed by atoms with Gasteiger partial charge in [-0.15, -0.1) is 0 Å². The number of para-hydroxylation sites is 2. The van der Waals surface area contributed by atoms with Gasteiger partial charge >= 0.3 is 0 Å². The molecule has 3 aromatic carbocycles. The zero-order chi connectivity index (χ0) is 22.0. The van der Waals surface area contributed by atoms with Gasteiger partial charge in [0.15, 0.2) is 5.16 Å². The molecule has 31 heavy (non-hydrogen) atoms. The van der Waals surface area contributed by atoms with Crippen LogP contribution in [0.25, 0.3) is 16.6 Å². The molecule has 0 N–H and O–H groups in total. The van der Waals surface area contributed by atoms with Crippen molar-refractivity contribution in [2.24, 2.45) is 0 Å². The van der Waals surface area contributed by atoms with E-state index in [2.05, 4.69) is 4.98 Å². The number of nitrogens with zero attached hydrogens (tertiary/aromatic N) is 3. The molecule has 5 nitrogen and oxygen atoms in total. The van der Waals surface area contributed by atoms with Crippen molar-refractivity contribution in [3.05, 3.63) is 94.0 Å². The number of anilines is 1. The Hall–Kier alpha value is -3.16. The fourth-order valence-corrected chi connectivity index (χ4v) is 4.18. The average Bonchev–Trinajstić information content (AvgIpc) is 2.79. The van der Waals surface area contributed by atoms with E-state index in [1.165, 1.54) is 22.8 Å². The van der Waals surface area contributed by atoms with E-state index in [-0.39, 0.29) is 22.2 Å². The third kappa shape index (κ3) is 4.33. The molecule has 0 atom stereocenters. The van der Waals surface area contributed by atoms with Crippen molar-refractivity contribution in [2.45, 2.75) is 5.16 Å². The SMILES string of the molecule is CN(C(=O)CSc1nc2ccccc2c(=O)n1-c1ccc(F)c(Cl)c1)c1ccccc1. The Kier molecular flexibility index (Phi) is 6.06. The van der Waals surface area contributed by atoms with Crippen molar-refractivity contribution >= 4 is 45.9 Å². The second-order valence-corrected chi connectivity index (χ2v) is 8.08. The molecule has 0 radical (unpaired) electrons. The Balaban J connectivity index is 1.73. The molecule has 1 aromatic heterocycles. The highest BCUT2D eigenvalue weighted by Gasteiger charge is 2.17. The molecule has 4 aromatic rings. The Labute approximate surface area is 187 Å². The van der Waals surface area contributed by atoms with E-state index in [9.17, 15) is 14.0 Å². The van der Waals surface area contributed by atoms with Crippen molar-refractivity contribution in [1.82, 2.24) is 9.55 Å². The third-order valence-electron chi connectivity index (χ3n) is 4.75. The quantitative estimate of drug-likeness (QED) is 0.317. The van der Waals surface area contributed by atoms with E-state index >= 15 is 0 Å². The summed E-state index contributed by atoms with van der Waals surface area (Å²) in [6, 6.07) is 20.2. The number of halogens is 2. The topological polar surface area (TPSA) is 55.2 Å². The van der Waals surface area contributed by atoms with Gasteiger partial charge in [-0.1, -0.05) is 53.7 Å². The maximum absolute atomic E-state index is 13.7. The van der Waals surface area contributed by atoms with Crippen LogP contribution in [-0.4, -0.2) is 28.3 Å². The minimum atomic E-state index is -0.582. The van der Waals surface area contributed by atoms with Gasteiger partial charge in [0.05, 0.1) is 27.4 Å². The van der Waals surface area contributed by atoms with Crippen LogP contribution in [0.3, 0.4) is 0 Å². The average molecular weight is 454 g/mol. The normalized spacial score (nSPS) is 10.9. The summed E-state index contributed by atoms with van der Waals surface area (Å²) in [7, 11) is 1.69. The van der Waals surface area contributed by atoms with Crippen LogP contribution in [0, 0.1) is 5.82 Å². The summed E-state index contributed by atoms with van der Waals surface area (Å²) in [5, 5.41) is 0.634. The predicted octanol–water partition coefficient (Wildman–Crippen LogP) is 4.93. The minimum absolute atomic E-state index is 0.0606. The molecule has 0 unspecified atom stereocenters. The van der Waals surface area contributed by atoms with Gasteiger partial charge < -0.3 is 4.90 Å². The fraction of sp³-hybridized carbons (Fsp3) is 0.0870. The van der Waals surface area contributed by atoms with E-state index in [1.807, 2.05) is 30.3 Å². The number of aromatic nitrogens is 2. The standard InChI is InChI=1S/C23H17ClFN3O2S/c1-27(15-7-3-2-4-8-15)21(29)14-31-23-26-20-10-6-5-9-17(20)22(30)28(23)16-11-12-19(25)18(24)13-16/h2-13H,14H2,1H3. The summed E-state index contributed by atoms with van der Waals surface area (Å²) in [5.41, 5.74) is 1.34. The van der Waals surface area contributed by atoms with Crippen LogP contribution < -0.4 is 10.5 Å². The molecule has 0 saturated heterocycles. The second kappa shape index (κ2) is 8.91. The molecule has 0 bridgehead atoms. The van der Waals surface area contributed by atoms with Crippen molar-refractivity contribution in [3.63, 3.8) is 0 Å². The lowest BCUT2D eigenvalue weighted by atomic mass is 10.2. The summed E-state index contributed by atoms with van der Waals surface area (Å²) in [4.78, 5) is 32.1. The predicted molar refractivity (Wildman–Crippen MR) is 123 cm³/mol. The molecule has 0 saturated carbocycles. The van der Waals surface area contributed by atoms with Gasteiger partial charge in [0.25, 0.3) is 5.56 Å². The first-order chi connectivity index (χ1) is 15.0. The van der Waals surface area contributed by atoms with Gasteiger partial charge in [-0.3, -0.25) is 14.2 Å². The molecule has 0 aliphatic rings. The highest BCUT2D eigenvalue weighted by atomic mass is 35.5. The maximum Gasteiger partial charge on any atom is 0.266 e. The minimum Gasteiger partial charge on any atom is -0.315 e. The van der Waals surface area contributed by atoms with Gasteiger partial charge in [-0.2, -0.15) is 0 Å². The van der Waals surface area contributed by atoms with Crippen LogP contribution in [0.5, 0.6) is 0 Å². The molecule has 0 spiro atoms. The number of hydrogen-bond donors (Lipinski definition) is 0. The summed E-state index contributed by atoms with van der Waals surface area (Å²) in [6.45, 7) is 0. The highest BCUT2D eigenvalue weighted by Crippen LogP contribution is 2.25. The van der Waals surface area contributed by atoms with Gasteiger partial charge in [-0.05, 0) is 42.5 Å². The van der Waals surface area contributed by atoms with E-state index in [4.69, 9.17) is 11.6 Å². The smallest absolute Gasteiger partial charge is 0.266 e. The first kappa shape index (κ1) is 21.1. The summed E-state index contributed by atoms with van der Waals surface area (Å²) in [6.07, 6.45) is 0. The lowest BCUT2D eigenvalue weighted by Gasteiger charge is -2.18. The van der Waals surface area contributed by atoms with Crippen molar-refractivity contribution in [1.29, 1.82) is 0 Å². The number of rotatable bonds is 5. The van der Waals surface area contributed by atoms with E-state index in [1.54, 1.807) is 36.2 Å². The Morgan fingerprint density at radius 1 is 1.10 bits per heavy atom. The number of amides is 1. The highest BCUT2D eigenvalue weighted by molar-refractivity contribution is 7.99. The molecule has 0 fully saturated rings. The number of thioether (sulfide) groups is 1. The summed E-state index contributed by atoms with van der Waals surface area (Å²) >= 11 is 7.08.